The zero-order chi connectivity index (χ0) is 17.6. The number of carbonyl (C=O) groups excluding carboxylic acids is 1. The average molecular weight is 340 g/mol. The van der Waals surface area contributed by atoms with Gasteiger partial charge >= 0.3 is 5.97 Å². The Morgan fingerprint density at radius 1 is 1.24 bits per heavy atom. The molecule has 0 radical (unpaired) electrons. The lowest BCUT2D eigenvalue weighted by molar-refractivity contribution is -0.117. The van der Waals surface area contributed by atoms with Crippen molar-refractivity contribution >= 4 is 28.5 Å². The minimum atomic E-state index is -1.12. The number of carbonyl (C=O) groups is 2. The van der Waals surface area contributed by atoms with Crippen LogP contribution in [0.1, 0.15) is 16.9 Å². The van der Waals surface area contributed by atoms with Gasteiger partial charge in [-0.05, 0) is 42.8 Å². The second-order valence-corrected chi connectivity index (χ2v) is 5.95. The summed E-state index contributed by atoms with van der Waals surface area (Å²) in [7, 11) is 0. The van der Waals surface area contributed by atoms with Crippen LogP contribution in [-0.2, 0) is 4.79 Å². The Morgan fingerprint density at radius 2 is 2.04 bits per heavy atom. The Kier molecular flexibility index (Phi) is 3.49. The molecule has 2 N–H and O–H groups in total. The van der Waals surface area contributed by atoms with Crippen LogP contribution in [0.5, 0.6) is 0 Å². The number of hydrogen-bond donors (Lipinski definition) is 2. The van der Waals surface area contributed by atoms with Gasteiger partial charge < -0.3 is 14.8 Å². The van der Waals surface area contributed by atoms with Crippen LogP contribution in [0.25, 0.3) is 22.3 Å². The van der Waals surface area contributed by atoms with Gasteiger partial charge in [-0.1, -0.05) is 0 Å². The van der Waals surface area contributed by atoms with Crippen LogP contribution in [0.3, 0.4) is 0 Å². The van der Waals surface area contributed by atoms with E-state index < -0.39 is 18.1 Å². The largest absolute Gasteiger partial charge is 0.477 e. The van der Waals surface area contributed by atoms with Gasteiger partial charge in [0.25, 0.3) is 0 Å². The highest BCUT2D eigenvalue weighted by atomic mass is 19.1. The van der Waals surface area contributed by atoms with Crippen molar-refractivity contribution in [3.8, 4) is 11.3 Å². The number of nitrogens with one attached hydrogen (secondary N) is 1. The minimum absolute atomic E-state index is 0.0730. The van der Waals surface area contributed by atoms with Crippen molar-refractivity contribution in [2.75, 3.05) is 5.32 Å². The molecule has 1 aliphatic rings. The number of halogens is 1. The Labute approximate surface area is 141 Å². The van der Waals surface area contributed by atoms with E-state index in [9.17, 15) is 14.0 Å². The average Bonchev–Trinajstić information content (AvgIpc) is 3.18. The number of rotatable bonds is 4. The standard InChI is InChI=1S/C18H13FN2O4/c19-13-8-12(13)17(22)21-11-1-2-15-10(5-11)7-16(25-15)9-3-4-20-14(6-9)18(23)24/h1-7,12-13H,8H2,(H,21,22)(H,23,24)/t12-,13+/m1/s1. The van der Waals surface area contributed by atoms with Gasteiger partial charge in [-0.25, -0.2) is 14.2 Å². The van der Waals surface area contributed by atoms with Gasteiger partial charge in [0.2, 0.25) is 5.91 Å². The van der Waals surface area contributed by atoms with E-state index in [0.29, 0.717) is 22.6 Å². The summed E-state index contributed by atoms with van der Waals surface area (Å²) in [5, 5.41) is 12.5. The highest BCUT2D eigenvalue weighted by Gasteiger charge is 2.43. The van der Waals surface area contributed by atoms with Gasteiger partial charge in [0, 0.05) is 22.8 Å². The first-order chi connectivity index (χ1) is 12.0. The molecule has 4 rings (SSSR count). The van der Waals surface area contributed by atoms with Crippen molar-refractivity contribution in [3.05, 3.63) is 48.3 Å². The van der Waals surface area contributed by atoms with Gasteiger partial charge in [0.1, 0.15) is 23.2 Å². The quantitative estimate of drug-likeness (QED) is 0.758. The van der Waals surface area contributed by atoms with Crippen LogP contribution < -0.4 is 5.32 Å². The maximum atomic E-state index is 12.9. The molecule has 6 nitrogen and oxygen atoms in total. The number of benzene rings is 1. The Hall–Kier alpha value is -3.22. The van der Waals surface area contributed by atoms with Gasteiger partial charge in [0.15, 0.2) is 0 Å². The number of fused-ring (bicyclic) bond motifs is 1. The zero-order valence-electron chi connectivity index (χ0n) is 12.9. The summed E-state index contributed by atoms with van der Waals surface area (Å²) in [6.45, 7) is 0. The van der Waals surface area contributed by atoms with Crippen molar-refractivity contribution in [1.29, 1.82) is 0 Å². The number of anilines is 1. The molecular weight excluding hydrogens is 327 g/mol. The highest BCUT2D eigenvalue weighted by Crippen LogP contribution is 2.35. The smallest absolute Gasteiger partial charge is 0.354 e. The summed E-state index contributed by atoms with van der Waals surface area (Å²) in [4.78, 5) is 26.6. The first-order valence-corrected chi connectivity index (χ1v) is 7.69. The molecule has 1 fully saturated rings. The maximum absolute atomic E-state index is 12.9. The van der Waals surface area contributed by atoms with E-state index in [2.05, 4.69) is 10.3 Å². The van der Waals surface area contributed by atoms with Crippen LogP contribution in [0.2, 0.25) is 0 Å². The van der Waals surface area contributed by atoms with E-state index in [1.807, 2.05) is 0 Å². The van der Waals surface area contributed by atoms with Crippen LogP contribution >= 0.6 is 0 Å². The van der Waals surface area contributed by atoms with Crippen molar-refractivity contribution < 1.29 is 23.5 Å². The Bertz CT molecular complexity index is 998. The molecule has 1 aromatic carbocycles. The number of aromatic carboxylic acids is 1. The normalized spacial score (nSPS) is 18.9. The van der Waals surface area contributed by atoms with Crippen LogP contribution in [0, 0.1) is 5.92 Å². The summed E-state index contributed by atoms with van der Waals surface area (Å²) in [6.07, 6.45) is 0.637. The molecule has 2 heterocycles. The predicted octanol–water partition coefficient (Wildman–Crippen LogP) is 3.49. The number of alkyl halides is 1. The molecule has 126 valence electrons. The molecule has 1 amide bonds. The highest BCUT2D eigenvalue weighted by molar-refractivity contribution is 5.97. The molecule has 0 aliphatic heterocycles. The molecule has 0 spiro atoms. The molecule has 2 aromatic heterocycles. The number of amides is 1. The summed E-state index contributed by atoms with van der Waals surface area (Å²) in [6, 6.07) is 9.95. The molecule has 1 saturated carbocycles. The SMILES string of the molecule is O=C(O)c1cc(-c2cc3cc(NC(=O)[C@@H]4C[C@@H]4F)ccc3o2)ccn1. The van der Waals surface area contributed by atoms with Crippen molar-refractivity contribution in [1.82, 2.24) is 4.98 Å². The number of aromatic nitrogens is 1. The fourth-order valence-corrected chi connectivity index (χ4v) is 2.63. The Balaban J connectivity index is 1.63. The van der Waals surface area contributed by atoms with Gasteiger partial charge in [-0.3, -0.25) is 4.79 Å². The fraction of sp³-hybridized carbons (Fsp3) is 0.167. The summed E-state index contributed by atoms with van der Waals surface area (Å²) in [5.41, 5.74) is 1.67. The first kappa shape index (κ1) is 15.3. The van der Waals surface area contributed by atoms with E-state index in [4.69, 9.17) is 9.52 Å². The van der Waals surface area contributed by atoms with Crippen LogP contribution in [0.15, 0.2) is 47.0 Å². The number of hydrogen-bond acceptors (Lipinski definition) is 4. The van der Waals surface area contributed by atoms with E-state index in [-0.39, 0.29) is 18.0 Å². The van der Waals surface area contributed by atoms with Gasteiger partial charge in [-0.2, -0.15) is 0 Å². The van der Waals surface area contributed by atoms with E-state index in [1.54, 1.807) is 30.3 Å². The third-order valence-corrected chi connectivity index (χ3v) is 4.10. The lowest BCUT2D eigenvalue weighted by atomic mass is 10.1. The molecular formula is C18H13FN2O4. The third kappa shape index (κ3) is 2.96. The predicted molar refractivity (Wildman–Crippen MR) is 88.0 cm³/mol. The van der Waals surface area contributed by atoms with Crippen LogP contribution in [-0.4, -0.2) is 28.1 Å². The number of carboxylic acid groups (broad SMARTS) is 1. The van der Waals surface area contributed by atoms with E-state index in [1.165, 1.54) is 12.3 Å². The fourth-order valence-electron chi connectivity index (χ4n) is 2.63. The second kappa shape index (κ2) is 5.70. The Morgan fingerprint density at radius 3 is 2.76 bits per heavy atom. The second-order valence-electron chi connectivity index (χ2n) is 5.95. The molecule has 0 unspecified atom stereocenters. The lowest BCUT2D eigenvalue weighted by Gasteiger charge is -2.03. The molecule has 1 aliphatic carbocycles. The number of nitrogens with zero attached hydrogens (tertiary/aromatic N) is 1. The maximum Gasteiger partial charge on any atom is 0.354 e. The number of furan rings is 1. The third-order valence-electron chi connectivity index (χ3n) is 4.10. The number of pyridine rings is 1. The topological polar surface area (TPSA) is 92.4 Å². The van der Waals surface area contributed by atoms with Crippen molar-refractivity contribution in [2.45, 2.75) is 12.6 Å². The zero-order valence-corrected chi connectivity index (χ0v) is 12.9. The molecule has 2 atom stereocenters. The summed E-state index contributed by atoms with van der Waals surface area (Å²) in [5.74, 6) is -1.50. The van der Waals surface area contributed by atoms with E-state index in [0.717, 1.165) is 5.39 Å². The monoisotopic (exact) mass is 340 g/mol. The summed E-state index contributed by atoms with van der Waals surface area (Å²) >= 11 is 0. The molecule has 0 bridgehead atoms. The molecule has 0 saturated heterocycles. The van der Waals surface area contributed by atoms with Gasteiger partial charge in [-0.15, -0.1) is 0 Å². The molecule has 7 heteroatoms. The van der Waals surface area contributed by atoms with Crippen molar-refractivity contribution in [2.24, 2.45) is 5.92 Å². The molecule has 25 heavy (non-hydrogen) atoms. The lowest BCUT2D eigenvalue weighted by Crippen LogP contribution is -2.14. The van der Waals surface area contributed by atoms with Crippen molar-refractivity contribution in [3.63, 3.8) is 0 Å². The molecule has 3 aromatic rings. The minimum Gasteiger partial charge on any atom is -0.477 e. The van der Waals surface area contributed by atoms with Gasteiger partial charge in [0.05, 0.1) is 5.92 Å². The van der Waals surface area contributed by atoms with Crippen LogP contribution in [0.4, 0.5) is 10.1 Å². The summed E-state index contributed by atoms with van der Waals surface area (Å²) < 4.78 is 18.7. The van der Waals surface area contributed by atoms with E-state index >= 15 is 0 Å². The first-order valence-electron chi connectivity index (χ1n) is 7.69. The number of carboxylic acids is 1.